The number of carbonyl (C=O) groups excluding carboxylic acids is 2. The molecule has 0 aliphatic carbocycles. The molecule has 7 nitrogen and oxygen atoms in total. The number of carbonyl (C=O) groups is 2. The van der Waals surface area contributed by atoms with E-state index >= 15 is 0 Å². The van der Waals surface area contributed by atoms with Crippen LogP contribution in [0, 0.1) is 0 Å². The lowest BCUT2D eigenvalue weighted by atomic mass is 10.2. The zero-order valence-electron chi connectivity index (χ0n) is 17.4. The van der Waals surface area contributed by atoms with Crippen LogP contribution in [0.1, 0.15) is 30.0 Å². The Morgan fingerprint density at radius 3 is 2.39 bits per heavy atom. The molecule has 31 heavy (non-hydrogen) atoms. The molecule has 1 aromatic heterocycles. The Bertz CT molecular complexity index is 1090. The molecule has 3 aromatic rings. The first-order valence-electron chi connectivity index (χ1n) is 9.81. The molecule has 0 aliphatic heterocycles. The lowest BCUT2D eigenvalue weighted by molar-refractivity contribution is -0.123. The van der Waals surface area contributed by atoms with Gasteiger partial charge in [-0.25, -0.2) is 4.68 Å². The molecule has 0 spiro atoms. The zero-order valence-corrected chi connectivity index (χ0v) is 17.4. The van der Waals surface area contributed by atoms with E-state index in [0.29, 0.717) is 17.1 Å². The van der Waals surface area contributed by atoms with Gasteiger partial charge in [-0.3, -0.25) is 20.4 Å². The maximum Gasteiger partial charge on any atom is 0.288 e. The Hall–Kier alpha value is -4.13. The van der Waals surface area contributed by atoms with Crippen LogP contribution < -0.4 is 15.6 Å². The number of amides is 2. The lowest BCUT2D eigenvalue weighted by Gasteiger charge is -2.10. The van der Waals surface area contributed by atoms with Crippen molar-refractivity contribution < 1.29 is 14.3 Å². The quantitative estimate of drug-likeness (QED) is 0.454. The predicted octanol–water partition coefficient (Wildman–Crippen LogP) is 3.69. The van der Waals surface area contributed by atoms with Crippen LogP contribution in [0.3, 0.4) is 0 Å². The molecule has 1 heterocycles. The topological polar surface area (TPSA) is 85.3 Å². The molecule has 2 N–H and O–H groups in total. The number of benzene rings is 2. The molecule has 2 aromatic carbocycles. The van der Waals surface area contributed by atoms with Crippen molar-refractivity contribution in [1.82, 2.24) is 20.6 Å². The summed E-state index contributed by atoms with van der Waals surface area (Å²) in [6.45, 7) is 3.62. The van der Waals surface area contributed by atoms with Gasteiger partial charge in [-0.1, -0.05) is 54.6 Å². The van der Waals surface area contributed by atoms with E-state index in [-0.39, 0.29) is 6.61 Å². The zero-order chi connectivity index (χ0) is 22.1. The molecule has 0 bridgehead atoms. The van der Waals surface area contributed by atoms with Crippen LogP contribution in [0.25, 0.3) is 11.3 Å². The van der Waals surface area contributed by atoms with Gasteiger partial charge in [0, 0.05) is 0 Å². The molecule has 0 radical (unpaired) electrons. The smallest absolute Gasteiger partial charge is 0.288 e. The molecule has 0 aliphatic rings. The van der Waals surface area contributed by atoms with E-state index in [1.165, 1.54) is 0 Å². The second-order valence-corrected chi connectivity index (χ2v) is 6.64. The van der Waals surface area contributed by atoms with E-state index in [4.69, 9.17) is 4.74 Å². The average Bonchev–Trinajstić information content (AvgIpc) is 3.26. The minimum absolute atomic E-state index is 0.224. The fraction of sp³-hybridized carbons (Fsp3) is 0.125. The van der Waals surface area contributed by atoms with Crippen molar-refractivity contribution in [2.45, 2.75) is 13.8 Å². The van der Waals surface area contributed by atoms with E-state index < -0.39 is 11.8 Å². The lowest BCUT2D eigenvalue weighted by Crippen LogP contribution is -2.44. The largest absolute Gasteiger partial charge is 0.484 e. The highest BCUT2D eigenvalue weighted by atomic mass is 16.5. The standard InChI is InChI=1S/C24H24N4O3/c1-3-4-11-18(2)21-16-22(28(27-21)19-12-7-5-8-13-19)24(30)26-25-23(29)17-31-20-14-9-6-10-15-20/h3-16H,17H2,1-2H3,(H,25,29)(H,26,30)/b4-3-,18-11+. The van der Waals surface area contributed by atoms with Gasteiger partial charge in [0.25, 0.3) is 11.8 Å². The SMILES string of the molecule is C/C=C\C=C(/C)c1cc(C(=O)NNC(=O)COc2ccccc2)n(-c2ccccc2)n1. The Kier molecular flexibility index (Phi) is 7.37. The van der Waals surface area contributed by atoms with Crippen LogP contribution in [0.2, 0.25) is 0 Å². The number of nitrogens with one attached hydrogen (secondary N) is 2. The van der Waals surface area contributed by atoms with Crippen LogP contribution >= 0.6 is 0 Å². The van der Waals surface area contributed by atoms with Gasteiger partial charge in [-0.15, -0.1) is 0 Å². The van der Waals surface area contributed by atoms with E-state index in [9.17, 15) is 9.59 Å². The third-order valence-electron chi connectivity index (χ3n) is 4.31. The first-order valence-corrected chi connectivity index (χ1v) is 9.81. The summed E-state index contributed by atoms with van der Waals surface area (Å²) in [6.07, 6.45) is 5.74. The van der Waals surface area contributed by atoms with Gasteiger partial charge in [-0.05, 0) is 49.8 Å². The van der Waals surface area contributed by atoms with Gasteiger partial charge in [0.2, 0.25) is 0 Å². The van der Waals surface area contributed by atoms with E-state index in [1.54, 1.807) is 22.9 Å². The first kappa shape index (κ1) is 21.6. The molecule has 0 unspecified atom stereocenters. The van der Waals surface area contributed by atoms with Crippen LogP contribution in [-0.4, -0.2) is 28.2 Å². The van der Waals surface area contributed by atoms with E-state index in [0.717, 1.165) is 11.3 Å². The normalized spacial score (nSPS) is 11.4. The molecule has 0 saturated carbocycles. The number of allylic oxidation sites excluding steroid dienone is 4. The second-order valence-electron chi connectivity index (χ2n) is 6.64. The van der Waals surface area contributed by atoms with Crippen molar-refractivity contribution in [1.29, 1.82) is 0 Å². The van der Waals surface area contributed by atoms with Gasteiger partial charge >= 0.3 is 0 Å². The molecule has 158 valence electrons. The maximum absolute atomic E-state index is 12.8. The number of hydrazine groups is 1. The van der Waals surface area contributed by atoms with Gasteiger partial charge < -0.3 is 4.74 Å². The van der Waals surface area contributed by atoms with Gasteiger partial charge in [-0.2, -0.15) is 5.10 Å². The van der Waals surface area contributed by atoms with Gasteiger partial charge in [0.1, 0.15) is 11.4 Å². The minimum atomic E-state index is -0.491. The maximum atomic E-state index is 12.8. The molecule has 0 saturated heterocycles. The number of hydrogen-bond acceptors (Lipinski definition) is 4. The number of nitrogens with zero attached hydrogens (tertiary/aromatic N) is 2. The number of aromatic nitrogens is 2. The van der Waals surface area contributed by atoms with E-state index in [2.05, 4.69) is 16.0 Å². The molecular weight excluding hydrogens is 392 g/mol. The number of hydrogen-bond donors (Lipinski definition) is 2. The van der Waals surface area contributed by atoms with Crippen molar-refractivity contribution in [2.75, 3.05) is 6.61 Å². The molecule has 0 atom stereocenters. The highest BCUT2D eigenvalue weighted by molar-refractivity contribution is 5.95. The van der Waals surface area contributed by atoms with Crippen molar-refractivity contribution in [2.24, 2.45) is 0 Å². The summed E-state index contributed by atoms with van der Waals surface area (Å²) in [4.78, 5) is 24.9. The summed E-state index contributed by atoms with van der Waals surface area (Å²) in [5.41, 5.74) is 7.39. The van der Waals surface area contributed by atoms with Crippen molar-refractivity contribution in [3.8, 4) is 11.4 Å². The Morgan fingerprint density at radius 2 is 1.71 bits per heavy atom. The second kappa shape index (κ2) is 10.6. The van der Waals surface area contributed by atoms with E-state index in [1.807, 2.05) is 80.6 Å². The minimum Gasteiger partial charge on any atom is -0.484 e. The highest BCUT2D eigenvalue weighted by Crippen LogP contribution is 2.18. The molecule has 2 amide bonds. The van der Waals surface area contributed by atoms with Crippen molar-refractivity contribution in [3.63, 3.8) is 0 Å². The summed E-state index contributed by atoms with van der Waals surface area (Å²) in [7, 11) is 0. The Balaban J connectivity index is 1.73. The summed E-state index contributed by atoms with van der Waals surface area (Å²) in [6, 6.07) is 20.0. The van der Waals surface area contributed by atoms with Crippen LogP contribution in [-0.2, 0) is 4.79 Å². The predicted molar refractivity (Wildman–Crippen MR) is 120 cm³/mol. The van der Waals surface area contributed by atoms with Crippen LogP contribution in [0.5, 0.6) is 5.75 Å². The molecule has 7 heteroatoms. The molecular formula is C24H24N4O3. The summed E-state index contributed by atoms with van der Waals surface area (Å²) >= 11 is 0. The Morgan fingerprint density at radius 1 is 1.03 bits per heavy atom. The van der Waals surface area contributed by atoms with Gasteiger partial charge in [0.15, 0.2) is 6.61 Å². The Labute approximate surface area is 181 Å². The van der Waals surface area contributed by atoms with Crippen molar-refractivity contribution >= 4 is 17.4 Å². The average molecular weight is 416 g/mol. The summed E-state index contributed by atoms with van der Waals surface area (Å²) in [5, 5.41) is 4.57. The first-order chi connectivity index (χ1) is 15.1. The fourth-order valence-corrected chi connectivity index (χ4v) is 2.72. The number of rotatable bonds is 7. The number of para-hydroxylation sites is 2. The summed E-state index contributed by atoms with van der Waals surface area (Å²) < 4.78 is 6.92. The third kappa shape index (κ3) is 5.93. The van der Waals surface area contributed by atoms with Crippen molar-refractivity contribution in [3.05, 3.63) is 96.3 Å². The van der Waals surface area contributed by atoms with Crippen LogP contribution in [0.4, 0.5) is 0 Å². The summed E-state index contributed by atoms with van der Waals surface area (Å²) in [5.74, 6) is -0.402. The molecule has 3 rings (SSSR count). The molecule has 0 fully saturated rings. The fourth-order valence-electron chi connectivity index (χ4n) is 2.72. The van der Waals surface area contributed by atoms with Crippen LogP contribution in [0.15, 0.2) is 85.0 Å². The third-order valence-corrected chi connectivity index (χ3v) is 4.31. The highest BCUT2D eigenvalue weighted by Gasteiger charge is 2.18. The van der Waals surface area contributed by atoms with Gasteiger partial charge in [0.05, 0.1) is 11.4 Å². The monoisotopic (exact) mass is 416 g/mol. The number of ether oxygens (including phenoxy) is 1.